The number of ether oxygens (including phenoxy) is 1. The fraction of sp³-hybridized carbons (Fsp3) is 0.188. The average molecular weight is 255 g/mol. The predicted octanol–water partition coefficient (Wildman–Crippen LogP) is 2.54. The molecule has 0 aliphatic rings. The zero-order valence-electron chi connectivity index (χ0n) is 10.7. The lowest BCUT2D eigenvalue weighted by Gasteiger charge is -2.07. The third kappa shape index (κ3) is 3.93. The van der Waals surface area contributed by atoms with Gasteiger partial charge in [-0.05, 0) is 23.6 Å². The molecule has 19 heavy (non-hydrogen) atoms. The summed E-state index contributed by atoms with van der Waals surface area (Å²) in [6.07, 6.45) is 0.686. The van der Waals surface area contributed by atoms with Crippen LogP contribution in [0.1, 0.15) is 21.5 Å². The summed E-state index contributed by atoms with van der Waals surface area (Å²) in [5.41, 5.74) is 7.98. The zero-order chi connectivity index (χ0) is 13.5. The summed E-state index contributed by atoms with van der Waals surface area (Å²) >= 11 is 0. The molecule has 3 nitrogen and oxygen atoms in total. The van der Waals surface area contributed by atoms with E-state index in [2.05, 4.69) is 0 Å². The number of amides is 1. The molecule has 0 aromatic heterocycles. The van der Waals surface area contributed by atoms with Crippen molar-refractivity contribution in [1.29, 1.82) is 0 Å². The van der Waals surface area contributed by atoms with Crippen LogP contribution in [-0.4, -0.2) is 12.5 Å². The maximum Gasteiger partial charge on any atom is 0.248 e. The number of carbonyl (C=O) groups is 1. The van der Waals surface area contributed by atoms with Crippen molar-refractivity contribution >= 4 is 5.91 Å². The second kappa shape index (κ2) is 6.71. The van der Waals surface area contributed by atoms with Crippen molar-refractivity contribution in [2.75, 3.05) is 6.61 Å². The van der Waals surface area contributed by atoms with Crippen LogP contribution < -0.4 is 5.73 Å². The van der Waals surface area contributed by atoms with Crippen molar-refractivity contribution in [3.8, 4) is 0 Å². The molecule has 98 valence electrons. The van der Waals surface area contributed by atoms with Gasteiger partial charge in [-0.2, -0.15) is 0 Å². The zero-order valence-corrected chi connectivity index (χ0v) is 10.7. The highest BCUT2D eigenvalue weighted by molar-refractivity contribution is 5.94. The van der Waals surface area contributed by atoms with Crippen LogP contribution in [0.5, 0.6) is 0 Å². The molecular weight excluding hydrogens is 238 g/mol. The lowest BCUT2D eigenvalue weighted by molar-refractivity contribution is 0.0997. The van der Waals surface area contributed by atoms with Crippen molar-refractivity contribution in [1.82, 2.24) is 0 Å². The van der Waals surface area contributed by atoms with Crippen molar-refractivity contribution in [3.05, 3.63) is 71.3 Å². The van der Waals surface area contributed by atoms with E-state index in [0.717, 1.165) is 11.1 Å². The SMILES string of the molecule is NC(=O)c1ccccc1CCOCc1ccccc1. The van der Waals surface area contributed by atoms with Crippen LogP contribution in [0.2, 0.25) is 0 Å². The molecule has 2 N–H and O–H groups in total. The molecule has 1 amide bonds. The number of hydrogen-bond donors (Lipinski definition) is 1. The Kier molecular flexibility index (Phi) is 4.70. The van der Waals surface area contributed by atoms with Crippen LogP contribution in [0.15, 0.2) is 54.6 Å². The number of rotatable bonds is 6. The number of hydrogen-bond acceptors (Lipinski definition) is 2. The van der Waals surface area contributed by atoms with Gasteiger partial charge in [-0.15, -0.1) is 0 Å². The lowest BCUT2D eigenvalue weighted by Crippen LogP contribution is -2.14. The number of primary amides is 1. The highest BCUT2D eigenvalue weighted by Crippen LogP contribution is 2.09. The molecule has 2 aromatic carbocycles. The average Bonchev–Trinajstić information content (AvgIpc) is 2.45. The highest BCUT2D eigenvalue weighted by Gasteiger charge is 2.06. The maximum absolute atomic E-state index is 11.3. The molecule has 0 atom stereocenters. The maximum atomic E-state index is 11.3. The van der Waals surface area contributed by atoms with E-state index in [1.54, 1.807) is 6.07 Å². The first-order valence-electron chi connectivity index (χ1n) is 6.27. The molecule has 0 heterocycles. The fourth-order valence-electron chi connectivity index (χ4n) is 1.93. The second-order valence-corrected chi connectivity index (χ2v) is 4.31. The largest absolute Gasteiger partial charge is 0.376 e. The van der Waals surface area contributed by atoms with Gasteiger partial charge in [0.05, 0.1) is 13.2 Å². The normalized spacial score (nSPS) is 10.3. The summed E-state index contributed by atoms with van der Waals surface area (Å²) in [4.78, 5) is 11.3. The molecule has 2 aromatic rings. The minimum atomic E-state index is -0.390. The van der Waals surface area contributed by atoms with Gasteiger partial charge >= 0.3 is 0 Å². The van der Waals surface area contributed by atoms with Crippen LogP contribution >= 0.6 is 0 Å². The van der Waals surface area contributed by atoms with Gasteiger partial charge < -0.3 is 10.5 Å². The van der Waals surface area contributed by atoms with Crippen molar-refractivity contribution in [2.24, 2.45) is 5.73 Å². The first-order chi connectivity index (χ1) is 9.27. The van der Waals surface area contributed by atoms with E-state index in [1.807, 2.05) is 48.5 Å². The van der Waals surface area contributed by atoms with Gasteiger partial charge in [0.15, 0.2) is 0 Å². The Hall–Kier alpha value is -2.13. The summed E-state index contributed by atoms with van der Waals surface area (Å²) < 4.78 is 5.61. The van der Waals surface area contributed by atoms with E-state index in [9.17, 15) is 4.79 Å². The van der Waals surface area contributed by atoms with Gasteiger partial charge in [-0.3, -0.25) is 4.79 Å². The molecule has 0 aliphatic heterocycles. The Bertz CT molecular complexity index is 537. The Morgan fingerprint density at radius 3 is 2.42 bits per heavy atom. The summed E-state index contributed by atoms with van der Waals surface area (Å²) in [7, 11) is 0. The Morgan fingerprint density at radius 1 is 1.00 bits per heavy atom. The molecule has 0 radical (unpaired) electrons. The number of benzene rings is 2. The van der Waals surface area contributed by atoms with Gasteiger partial charge in [0.25, 0.3) is 0 Å². The monoisotopic (exact) mass is 255 g/mol. The van der Waals surface area contributed by atoms with Gasteiger partial charge in [-0.1, -0.05) is 48.5 Å². The number of carbonyl (C=O) groups excluding carboxylic acids is 1. The summed E-state index contributed by atoms with van der Waals surface area (Å²) in [6.45, 7) is 1.15. The summed E-state index contributed by atoms with van der Waals surface area (Å²) in [6, 6.07) is 17.4. The fourth-order valence-corrected chi connectivity index (χ4v) is 1.93. The third-order valence-corrected chi connectivity index (χ3v) is 2.91. The van der Waals surface area contributed by atoms with Crippen LogP contribution in [0, 0.1) is 0 Å². The van der Waals surface area contributed by atoms with Crippen molar-refractivity contribution < 1.29 is 9.53 Å². The molecule has 3 heteroatoms. The van der Waals surface area contributed by atoms with Gasteiger partial charge in [-0.25, -0.2) is 0 Å². The minimum absolute atomic E-state index is 0.390. The topological polar surface area (TPSA) is 52.3 Å². The lowest BCUT2D eigenvalue weighted by atomic mass is 10.0. The molecular formula is C16H17NO2. The Labute approximate surface area is 113 Å². The number of nitrogens with two attached hydrogens (primary N) is 1. The molecule has 0 fully saturated rings. The van der Waals surface area contributed by atoms with Gasteiger partial charge in [0, 0.05) is 5.56 Å². The van der Waals surface area contributed by atoms with E-state index in [4.69, 9.17) is 10.5 Å². The van der Waals surface area contributed by atoms with Gasteiger partial charge in [0.2, 0.25) is 5.91 Å². The van der Waals surface area contributed by atoms with E-state index in [-0.39, 0.29) is 0 Å². The van der Waals surface area contributed by atoms with Gasteiger partial charge in [0.1, 0.15) is 0 Å². The Balaban J connectivity index is 1.85. The van der Waals surface area contributed by atoms with E-state index in [0.29, 0.717) is 25.2 Å². The molecule has 2 rings (SSSR count). The van der Waals surface area contributed by atoms with E-state index in [1.165, 1.54) is 0 Å². The first kappa shape index (κ1) is 13.3. The second-order valence-electron chi connectivity index (χ2n) is 4.31. The molecule has 0 aliphatic carbocycles. The third-order valence-electron chi connectivity index (χ3n) is 2.91. The quantitative estimate of drug-likeness (QED) is 0.806. The smallest absolute Gasteiger partial charge is 0.248 e. The molecule has 0 spiro atoms. The van der Waals surface area contributed by atoms with Crippen LogP contribution in [-0.2, 0) is 17.8 Å². The van der Waals surface area contributed by atoms with Crippen molar-refractivity contribution in [3.63, 3.8) is 0 Å². The predicted molar refractivity (Wildman–Crippen MR) is 74.8 cm³/mol. The summed E-state index contributed by atoms with van der Waals surface area (Å²) in [5, 5.41) is 0. The molecule has 0 saturated heterocycles. The summed E-state index contributed by atoms with van der Waals surface area (Å²) in [5.74, 6) is -0.390. The highest BCUT2D eigenvalue weighted by atomic mass is 16.5. The molecule has 0 bridgehead atoms. The van der Waals surface area contributed by atoms with E-state index >= 15 is 0 Å². The Morgan fingerprint density at radius 2 is 1.68 bits per heavy atom. The van der Waals surface area contributed by atoms with Crippen LogP contribution in [0.3, 0.4) is 0 Å². The van der Waals surface area contributed by atoms with Crippen LogP contribution in [0.25, 0.3) is 0 Å². The molecule has 0 saturated carbocycles. The van der Waals surface area contributed by atoms with Crippen LogP contribution in [0.4, 0.5) is 0 Å². The standard InChI is InChI=1S/C16H17NO2/c17-16(18)15-9-5-4-8-14(15)10-11-19-12-13-6-2-1-3-7-13/h1-9H,10-12H2,(H2,17,18). The molecule has 0 unspecified atom stereocenters. The minimum Gasteiger partial charge on any atom is -0.376 e. The first-order valence-corrected chi connectivity index (χ1v) is 6.27. The van der Waals surface area contributed by atoms with E-state index < -0.39 is 5.91 Å². The van der Waals surface area contributed by atoms with Crippen molar-refractivity contribution in [2.45, 2.75) is 13.0 Å².